The zero-order valence-electron chi connectivity index (χ0n) is 20.8. The maximum Gasteiger partial charge on any atom is 0.104 e. The number of ether oxygens (including phenoxy) is 2. The predicted octanol–water partition coefficient (Wildman–Crippen LogP) is 6.02. The minimum Gasteiger partial charge on any atom is -0.472 e. The van der Waals surface area contributed by atoms with Crippen molar-refractivity contribution in [3.63, 3.8) is 0 Å². The third-order valence-electron chi connectivity index (χ3n) is 11.9. The van der Waals surface area contributed by atoms with Crippen molar-refractivity contribution in [2.24, 2.45) is 28.6 Å². The van der Waals surface area contributed by atoms with E-state index >= 15 is 0 Å². The minimum absolute atomic E-state index is 0.148. The summed E-state index contributed by atoms with van der Waals surface area (Å²) >= 11 is 0. The summed E-state index contributed by atoms with van der Waals surface area (Å²) in [7, 11) is 0. The van der Waals surface area contributed by atoms with E-state index in [4.69, 9.17) is 13.9 Å². The van der Waals surface area contributed by atoms with Gasteiger partial charge in [0.2, 0.25) is 0 Å². The van der Waals surface area contributed by atoms with Gasteiger partial charge in [-0.3, -0.25) is 0 Å². The van der Waals surface area contributed by atoms with Gasteiger partial charge in [0, 0.05) is 12.0 Å². The molecular weight excluding hydrogens is 410 g/mol. The lowest BCUT2D eigenvalue weighted by atomic mass is 9.44. The number of hydrogen-bond donors (Lipinski definition) is 0. The van der Waals surface area contributed by atoms with E-state index in [1.54, 1.807) is 0 Å². The topological polar surface area (TPSA) is 38.1 Å². The summed E-state index contributed by atoms with van der Waals surface area (Å²) in [6.07, 6.45) is 18.2. The molecule has 6 fully saturated rings. The number of likely N-dealkylation sites (tertiary alicyclic amines) is 1. The molecule has 0 unspecified atom stereocenters. The number of hydrogen-bond acceptors (Lipinski definition) is 4. The van der Waals surface area contributed by atoms with E-state index in [0.717, 1.165) is 30.9 Å². The van der Waals surface area contributed by atoms with Gasteiger partial charge in [0.25, 0.3) is 0 Å². The number of epoxide rings is 1. The van der Waals surface area contributed by atoms with Crippen LogP contribution in [-0.2, 0) is 9.47 Å². The van der Waals surface area contributed by atoms with Gasteiger partial charge in [-0.1, -0.05) is 13.8 Å². The molecule has 1 aromatic rings. The Bertz CT molecular complexity index is 864. The molecule has 182 valence electrons. The average molecular weight is 454 g/mol. The van der Waals surface area contributed by atoms with Gasteiger partial charge in [0.05, 0.1) is 31.3 Å². The lowest BCUT2D eigenvalue weighted by Gasteiger charge is -2.61. The lowest BCUT2D eigenvalue weighted by molar-refractivity contribution is -0.145. The summed E-state index contributed by atoms with van der Waals surface area (Å²) in [4.78, 5) is 2.58. The van der Waals surface area contributed by atoms with Gasteiger partial charge in [-0.15, -0.1) is 0 Å². The summed E-state index contributed by atoms with van der Waals surface area (Å²) in [5.74, 6) is 3.05. The Morgan fingerprint density at radius 3 is 2.73 bits per heavy atom. The van der Waals surface area contributed by atoms with Crippen molar-refractivity contribution in [1.29, 1.82) is 0 Å². The standard InChI is InChI=1S/C29H43NO3/c1-27-10-7-22(32-16-14-30-12-3-4-13-30)17-21(27)5-6-24-23(27)8-11-28(2)25(20-9-15-31-19-20)18-26-29(24,28)33-26/h9,15,19,21-26H,3-8,10-14,16-18H2,1-2H3/t21-,22+,23+,24-,25-,26-,27+,28-,29-/m1/s1. The van der Waals surface area contributed by atoms with Crippen LogP contribution in [0, 0.1) is 28.6 Å². The molecule has 0 amide bonds. The highest BCUT2D eigenvalue weighted by molar-refractivity contribution is 5.35. The van der Waals surface area contributed by atoms with Crippen molar-refractivity contribution < 1.29 is 13.9 Å². The van der Waals surface area contributed by atoms with Gasteiger partial charge in [-0.2, -0.15) is 0 Å². The summed E-state index contributed by atoms with van der Waals surface area (Å²) in [5, 5.41) is 0. The van der Waals surface area contributed by atoms with E-state index in [1.807, 2.05) is 12.5 Å². The van der Waals surface area contributed by atoms with E-state index in [1.165, 1.54) is 82.9 Å². The number of furan rings is 1. The Labute approximate surface area is 199 Å². The maximum absolute atomic E-state index is 6.73. The van der Waals surface area contributed by atoms with E-state index in [2.05, 4.69) is 24.8 Å². The van der Waals surface area contributed by atoms with Gasteiger partial charge in [-0.25, -0.2) is 0 Å². The SMILES string of the molecule is C[C@]12CC[C@H](OCCN3CCCC3)C[C@H]1CC[C@@H]1[C@@H]2CC[C@]2(C)[C@@H](c3ccoc3)C[C@H]3O[C@]132. The van der Waals surface area contributed by atoms with Crippen molar-refractivity contribution in [1.82, 2.24) is 4.90 Å². The smallest absolute Gasteiger partial charge is 0.104 e. The Morgan fingerprint density at radius 2 is 1.91 bits per heavy atom. The zero-order valence-corrected chi connectivity index (χ0v) is 20.8. The first-order valence-electron chi connectivity index (χ1n) is 14.1. The van der Waals surface area contributed by atoms with Crippen molar-refractivity contribution in [3.05, 3.63) is 24.2 Å². The Morgan fingerprint density at radius 1 is 1.03 bits per heavy atom. The van der Waals surface area contributed by atoms with Gasteiger partial charge >= 0.3 is 0 Å². The number of rotatable bonds is 5. The van der Waals surface area contributed by atoms with Crippen LogP contribution in [0.15, 0.2) is 23.0 Å². The minimum atomic E-state index is 0.148. The van der Waals surface area contributed by atoms with E-state index in [-0.39, 0.29) is 11.0 Å². The molecule has 4 nitrogen and oxygen atoms in total. The van der Waals surface area contributed by atoms with Crippen molar-refractivity contribution in [2.75, 3.05) is 26.2 Å². The van der Waals surface area contributed by atoms with Crippen LogP contribution in [0.1, 0.15) is 89.5 Å². The largest absolute Gasteiger partial charge is 0.472 e. The molecule has 2 aliphatic heterocycles. The fourth-order valence-electron chi connectivity index (χ4n) is 10.1. The monoisotopic (exact) mass is 453 g/mol. The van der Waals surface area contributed by atoms with Gasteiger partial charge in [-0.05, 0) is 118 Å². The molecular formula is C29H43NO3. The number of nitrogens with zero attached hydrogens (tertiary/aromatic N) is 1. The molecule has 0 radical (unpaired) electrons. The van der Waals surface area contributed by atoms with Crippen LogP contribution in [0.4, 0.5) is 0 Å². The molecule has 7 rings (SSSR count). The second-order valence-corrected chi connectivity index (χ2v) is 13.0. The van der Waals surface area contributed by atoms with Crippen LogP contribution >= 0.6 is 0 Å². The van der Waals surface area contributed by atoms with Crippen LogP contribution in [0.2, 0.25) is 0 Å². The predicted molar refractivity (Wildman–Crippen MR) is 128 cm³/mol. The highest BCUT2D eigenvalue weighted by Crippen LogP contribution is 2.78. The molecule has 4 aliphatic carbocycles. The van der Waals surface area contributed by atoms with Crippen molar-refractivity contribution in [3.8, 4) is 0 Å². The second kappa shape index (κ2) is 7.58. The molecule has 3 heterocycles. The molecule has 0 N–H and O–H groups in total. The molecule has 4 saturated carbocycles. The van der Waals surface area contributed by atoms with Crippen molar-refractivity contribution in [2.45, 2.75) is 102 Å². The van der Waals surface area contributed by atoms with Crippen LogP contribution in [0.3, 0.4) is 0 Å². The van der Waals surface area contributed by atoms with Crippen LogP contribution in [-0.4, -0.2) is 49.0 Å². The van der Waals surface area contributed by atoms with Crippen LogP contribution < -0.4 is 0 Å². The van der Waals surface area contributed by atoms with Crippen LogP contribution in [0.5, 0.6) is 0 Å². The highest BCUT2D eigenvalue weighted by atomic mass is 16.6. The second-order valence-electron chi connectivity index (χ2n) is 13.0. The summed E-state index contributed by atoms with van der Waals surface area (Å²) in [6.45, 7) is 9.86. The summed E-state index contributed by atoms with van der Waals surface area (Å²) in [5.41, 5.74) is 2.33. The fourth-order valence-corrected chi connectivity index (χ4v) is 10.1. The highest BCUT2D eigenvalue weighted by Gasteiger charge is 2.80. The van der Waals surface area contributed by atoms with Crippen LogP contribution in [0.25, 0.3) is 0 Å². The summed E-state index contributed by atoms with van der Waals surface area (Å²) < 4.78 is 18.7. The van der Waals surface area contributed by atoms with E-state index < -0.39 is 0 Å². The van der Waals surface area contributed by atoms with Gasteiger partial charge < -0.3 is 18.8 Å². The normalized spacial score (nSPS) is 51.0. The summed E-state index contributed by atoms with van der Waals surface area (Å²) in [6, 6.07) is 2.21. The molecule has 9 atom stereocenters. The van der Waals surface area contributed by atoms with Gasteiger partial charge in [0.15, 0.2) is 0 Å². The molecule has 0 aromatic carbocycles. The molecule has 1 aromatic heterocycles. The average Bonchev–Trinajstić information content (AvgIpc) is 3.23. The molecule has 0 bridgehead atoms. The first kappa shape index (κ1) is 21.4. The Kier molecular flexibility index (Phi) is 4.92. The molecule has 2 saturated heterocycles. The Balaban J connectivity index is 1.05. The van der Waals surface area contributed by atoms with Crippen molar-refractivity contribution >= 4 is 0 Å². The van der Waals surface area contributed by atoms with E-state index in [0.29, 0.717) is 23.5 Å². The quantitative estimate of drug-likeness (QED) is 0.511. The number of fused-ring (bicyclic) bond motifs is 3. The lowest BCUT2D eigenvalue weighted by Crippen LogP contribution is -2.58. The molecule has 33 heavy (non-hydrogen) atoms. The molecule has 6 aliphatic rings. The first-order valence-corrected chi connectivity index (χ1v) is 14.1. The maximum atomic E-state index is 6.73. The third kappa shape index (κ3) is 2.99. The molecule has 4 heteroatoms. The first-order chi connectivity index (χ1) is 16.0. The Hall–Kier alpha value is -0.840. The van der Waals surface area contributed by atoms with Gasteiger partial charge in [0.1, 0.15) is 5.60 Å². The fraction of sp³-hybridized carbons (Fsp3) is 0.862. The zero-order chi connectivity index (χ0) is 22.3. The van der Waals surface area contributed by atoms with E-state index in [9.17, 15) is 0 Å². The molecule has 1 spiro atoms. The third-order valence-corrected chi connectivity index (χ3v) is 11.9.